The van der Waals surface area contributed by atoms with Crippen LogP contribution >= 0.6 is 0 Å². The van der Waals surface area contributed by atoms with Crippen LogP contribution in [0.2, 0.25) is 0 Å². The summed E-state index contributed by atoms with van der Waals surface area (Å²) in [7, 11) is 1.88. The lowest BCUT2D eigenvalue weighted by Crippen LogP contribution is -2.44. The van der Waals surface area contributed by atoms with Crippen LogP contribution in [0.15, 0.2) is 18.2 Å². The second-order valence-electron chi connectivity index (χ2n) is 7.11. The Balaban J connectivity index is 2.20. The fraction of sp³-hybridized carbons (Fsp3) is 0.647. The predicted molar refractivity (Wildman–Crippen MR) is 80.3 cm³/mol. The first-order valence-corrected chi connectivity index (χ1v) is 7.46. The molecule has 1 fully saturated rings. The van der Waals surface area contributed by atoms with Gasteiger partial charge in [-0.1, -0.05) is 6.07 Å². The van der Waals surface area contributed by atoms with Gasteiger partial charge in [0.2, 0.25) is 0 Å². The second-order valence-corrected chi connectivity index (χ2v) is 7.11. The van der Waals surface area contributed by atoms with E-state index in [0.717, 1.165) is 12.5 Å². The van der Waals surface area contributed by atoms with Gasteiger partial charge in [0.1, 0.15) is 11.6 Å². The minimum atomic E-state index is -0.539. The summed E-state index contributed by atoms with van der Waals surface area (Å²) in [5, 5.41) is 3.29. The van der Waals surface area contributed by atoms with E-state index in [1.807, 2.05) is 7.05 Å². The lowest BCUT2D eigenvalue weighted by molar-refractivity contribution is -0.0774. The zero-order valence-electron chi connectivity index (χ0n) is 13.5. The van der Waals surface area contributed by atoms with Gasteiger partial charge in [0.15, 0.2) is 0 Å². The largest absolute Gasteiger partial charge is 0.369 e. The summed E-state index contributed by atoms with van der Waals surface area (Å²) in [4.78, 5) is 0. The Kier molecular flexibility index (Phi) is 4.41. The number of benzene rings is 1. The van der Waals surface area contributed by atoms with Crippen molar-refractivity contribution in [2.75, 3.05) is 7.05 Å². The van der Waals surface area contributed by atoms with Gasteiger partial charge in [0, 0.05) is 18.0 Å². The monoisotopic (exact) mass is 297 g/mol. The Bertz CT molecular complexity index is 514. The quantitative estimate of drug-likeness (QED) is 0.915. The molecule has 2 rings (SSSR count). The molecule has 1 heterocycles. The molecule has 2 unspecified atom stereocenters. The molecule has 1 N–H and O–H groups in total. The van der Waals surface area contributed by atoms with E-state index in [4.69, 9.17) is 4.74 Å². The molecule has 118 valence electrons. The molecule has 0 saturated carbocycles. The van der Waals surface area contributed by atoms with Gasteiger partial charge in [-0.05, 0) is 59.2 Å². The lowest BCUT2D eigenvalue weighted by atomic mass is 9.79. The zero-order chi connectivity index (χ0) is 15.8. The first-order chi connectivity index (χ1) is 9.64. The number of likely N-dealkylation sites (N-methyl/N-ethyl adjacent to an activating group) is 1. The van der Waals surface area contributed by atoms with E-state index in [-0.39, 0.29) is 23.2 Å². The van der Waals surface area contributed by atoms with Crippen molar-refractivity contribution in [3.05, 3.63) is 35.4 Å². The van der Waals surface area contributed by atoms with Crippen LogP contribution in [-0.2, 0) is 11.2 Å². The molecule has 0 spiro atoms. The highest BCUT2D eigenvalue weighted by Crippen LogP contribution is 2.44. The van der Waals surface area contributed by atoms with Gasteiger partial charge in [-0.3, -0.25) is 0 Å². The minimum Gasteiger partial charge on any atom is -0.369 e. The minimum absolute atomic E-state index is 0.0849. The molecular formula is C17H25F2NO. The van der Waals surface area contributed by atoms with Crippen molar-refractivity contribution < 1.29 is 13.5 Å². The molecule has 1 saturated heterocycles. The van der Waals surface area contributed by atoms with Crippen LogP contribution in [0.1, 0.15) is 39.7 Å². The summed E-state index contributed by atoms with van der Waals surface area (Å²) in [5.41, 5.74) is 0.0921. The van der Waals surface area contributed by atoms with Gasteiger partial charge in [-0.2, -0.15) is 0 Å². The Morgan fingerprint density at radius 3 is 2.43 bits per heavy atom. The van der Waals surface area contributed by atoms with Gasteiger partial charge < -0.3 is 10.1 Å². The Morgan fingerprint density at radius 1 is 1.29 bits per heavy atom. The predicted octanol–water partition coefficient (Wildman–Crippen LogP) is 3.69. The standard InChI is InChI=1S/C17H25F2NO/c1-16(2)10-13(17(3,4)21-16)15(20-5)8-11-6-7-12(18)9-14(11)19/h6-7,9,13,15,20H,8,10H2,1-5H3. The highest BCUT2D eigenvalue weighted by molar-refractivity contribution is 5.20. The van der Waals surface area contributed by atoms with E-state index in [9.17, 15) is 8.78 Å². The molecule has 2 atom stereocenters. The topological polar surface area (TPSA) is 21.3 Å². The number of hydrogen-bond acceptors (Lipinski definition) is 2. The van der Waals surface area contributed by atoms with E-state index in [0.29, 0.717) is 12.0 Å². The number of hydrogen-bond donors (Lipinski definition) is 1. The molecule has 0 radical (unpaired) electrons. The average Bonchev–Trinajstić information content (AvgIpc) is 2.56. The smallest absolute Gasteiger partial charge is 0.129 e. The van der Waals surface area contributed by atoms with E-state index in [2.05, 4.69) is 33.0 Å². The molecular weight excluding hydrogens is 272 g/mol. The third-order valence-corrected chi connectivity index (χ3v) is 4.46. The number of halogens is 2. The number of rotatable bonds is 4. The molecule has 1 aliphatic heterocycles. The summed E-state index contributed by atoms with van der Waals surface area (Å²) in [6.07, 6.45) is 1.43. The van der Waals surface area contributed by atoms with Crippen molar-refractivity contribution in [2.24, 2.45) is 5.92 Å². The van der Waals surface area contributed by atoms with Crippen molar-refractivity contribution in [1.29, 1.82) is 0 Å². The molecule has 0 aromatic heterocycles. The average molecular weight is 297 g/mol. The number of ether oxygens (including phenoxy) is 1. The van der Waals surface area contributed by atoms with Crippen molar-refractivity contribution in [3.63, 3.8) is 0 Å². The second kappa shape index (κ2) is 5.65. The maximum atomic E-state index is 13.9. The van der Waals surface area contributed by atoms with Crippen LogP contribution < -0.4 is 5.32 Å². The zero-order valence-corrected chi connectivity index (χ0v) is 13.5. The maximum Gasteiger partial charge on any atom is 0.129 e. The SMILES string of the molecule is CNC(Cc1ccc(F)cc1F)C1CC(C)(C)OC1(C)C. The van der Waals surface area contributed by atoms with Gasteiger partial charge >= 0.3 is 0 Å². The molecule has 1 aliphatic rings. The summed E-state index contributed by atoms with van der Waals surface area (Å²) in [6.45, 7) is 8.33. The summed E-state index contributed by atoms with van der Waals surface area (Å²) in [6, 6.07) is 3.87. The molecule has 0 aliphatic carbocycles. The Morgan fingerprint density at radius 2 is 1.95 bits per heavy atom. The van der Waals surface area contributed by atoms with Gasteiger partial charge in [0.25, 0.3) is 0 Å². The summed E-state index contributed by atoms with van der Waals surface area (Å²) >= 11 is 0. The molecule has 4 heteroatoms. The van der Waals surface area contributed by atoms with Crippen molar-refractivity contribution in [3.8, 4) is 0 Å². The first kappa shape index (κ1) is 16.4. The summed E-state index contributed by atoms with van der Waals surface area (Å²) < 4.78 is 33.0. The fourth-order valence-corrected chi connectivity index (χ4v) is 3.60. The third kappa shape index (κ3) is 3.61. The molecule has 0 bridgehead atoms. The molecule has 21 heavy (non-hydrogen) atoms. The van der Waals surface area contributed by atoms with Crippen molar-refractivity contribution in [1.82, 2.24) is 5.32 Å². The first-order valence-electron chi connectivity index (χ1n) is 7.46. The van der Waals surface area contributed by atoms with Crippen molar-refractivity contribution in [2.45, 2.75) is 57.8 Å². The fourth-order valence-electron chi connectivity index (χ4n) is 3.60. The van der Waals surface area contributed by atoms with Gasteiger partial charge in [-0.25, -0.2) is 8.78 Å². The van der Waals surface area contributed by atoms with E-state index < -0.39 is 11.6 Å². The Labute approximate surface area is 125 Å². The van der Waals surface area contributed by atoms with Crippen LogP contribution in [0.25, 0.3) is 0 Å². The van der Waals surface area contributed by atoms with Crippen molar-refractivity contribution >= 4 is 0 Å². The molecule has 1 aromatic carbocycles. The summed E-state index contributed by atoms with van der Waals surface area (Å²) in [5.74, 6) is -0.754. The normalized spacial score (nSPS) is 25.0. The van der Waals surface area contributed by atoms with Crippen LogP contribution in [0.5, 0.6) is 0 Å². The number of nitrogens with one attached hydrogen (secondary N) is 1. The highest BCUT2D eigenvalue weighted by Gasteiger charge is 2.48. The van der Waals surface area contributed by atoms with E-state index in [1.165, 1.54) is 12.1 Å². The van der Waals surface area contributed by atoms with Crippen LogP contribution in [0, 0.1) is 17.6 Å². The Hall–Kier alpha value is -1.00. The van der Waals surface area contributed by atoms with Crippen LogP contribution in [-0.4, -0.2) is 24.3 Å². The molecule has 2 nitrogen and oxygen atoms in total. The third-order valence-electron chi connectivity index (χ3n) is 4.46. The van der Waals surface area contributed by atoms with Gasteiger partial charge in [-0.15, -0.1) is 0 Å². The van der Waals surface area contributed by atoms with E-state index >= 15 is 0 Å². The maximum absolute atomic E-state index is 13.9. The van der Waals surface area contributed by atoms with E-state index in [1.54, 1.807) is 0 Å². The highest BCUT2D eigenvalue weighted by atomic mass is 19.1. The molecule has 1 aromatic rings. The van der Waals surface area contributed by atoms with Crippen LogP contribution in [0.3, 0.4) is 0 Å². The van der Waals surface area contributed by atoms with Gasteiger partial charge in [0.05, 0.1) is 11.2 Å². The van der Waals surface area contributed by atoms with Crippen LogP contribution in [0.4, 0.5) is 8.78 Å². The molecule has 0 amide bonds. The lowest BCUT2D eigenvalue weighted by Gasteiger charge is -2.33.